The van der Waals surface area contributed by atoms with E-state index in [1.165, 1.54) is 5.56 Å². The van der Waals surface area contributed by atoms with E-state index >= 15 is 0 Å². The molecule has 0 bridgehead atoms. The van der Waals surface area contributed by atoms with Gasteiger partial charge in [0.1, 0.15) is 5.75 Å². The van der Waals surface area contributed by atoms with Crippen LogP contribution in [0.1, 0.15) is 21.5 Å². The predicted octanol–water partition coefficient (Wildman–Crippen LogP) is 3.49. The van der Waals surface area contributed by atoms with Gasteiger partial charge in [-0.25, -0.2) is 0 Å². The Morgan fingerprint density at radius 2 is 1.46 bits per heavy atom. The lowest BCUT2D eigenvalue weighted by Crippen LogP contribution is -2.21. The fourth-order valence-corrected chi connectivity index (χ4v) is 4.99. The van der Waals surface area contributed by atoms with E-state index in [0.717, 1.165) is 25.7 Å². The largest absolute Gasteiger partial charge is 0.545 e. The van der Waals surface area contributed by atoms with Crippen molar-refractivity contribution in [3.63, 3.8) is 0 Å². The van der Waals surface area contributed by atoms with Crippen molar-refractivity contribution in [3.05, 3.63) is 65.2 Å². The Morgan fingerprint density at radius 1 is 0.962 bits per heavy atom. The van der Waals surface area contributed by atoms with Gasteiger partial charge in [-0.05, 0) is 28.8 Å². The number of methoxy groups -OCH3 is 1. The molecule has 0 aliphatic rings. The first-order chi connectivity index (χ1) is 12.6. The molecule has 1 aromatic heterocycles. The Hall–Kier alpha value is -2.03. The van der Waals surface area contributed by atoms with Gasteiger partial charge in [0, 0.05) is 11.5 Å². The quantitative estimate of drug-likeness (QED) is 0.533. The lowest BCUT2D eigenvalue weighted by molar-refractivity contribution is -0.255. The number of carboxylic acid groups (broad SMARTS) is 1. The first-order valence-electron chi connectivity index (χ1n) is 7.66. The number of carbonyl (C=O) groups is 1. The Kier molecular flexibility index (Phi) is 6.54. The van der Waals surface area contributed by atoms with Crippen molar-refractivity contribution in [2.75, 3.05) is 7.11 Å². The van der Waals surface area contributed by atoms with Crippen LogP contribution in [0.3, 0.4) is 0 Å². The fourth-order valence-electron chi connectivity index (χ4n) is 2.06. The first kappa shape index (κ1) is 18.8. The number of nitrogens with zero attached hydrogens (tertiary/aromatic N) is 2. The third-order valence-corrected chi connectivity index (χ3v) is 6.79. The second-order valence-corrected chi connectivity index (χ2v) is 8.67. The normalized spacial score (nSPS) is 10.7. The number of aromatic carboxylic acids is 1. The molecule has 26 heavy (non-hydrogen) atoms. The lowest BCUT2D eigenvalue weighted by atomic mass is 10.1. The van der Waals surface area contributed by atoms with E-state index < -0.39 is 5.97 Å². The SMILES string of the molecule is COc1ccc(CSc2nnc(SCc3ccc(C(=O)[O-])cc3)s2)cc1. The van der Waals surface area contributed by atoms with Crippen molar-refractivity contribution in [3.8, 4) is 5.75 Å². The minimum Gasteiger partial charge on any atom is -0.545 e. The van der Waals surface area contributed by atoms with Gasteiger partial charge in [-0.2, -0.15) is 0 Å². The average Bonchev–Trinajstić information content (AvgIpc) is 3.13. The topological polar surface area (TPSA) is 75.1 Å². The molecule has 0 N–H and O–H groups in total. The number of thioether (sulfide) groups is 2. The molecule has 134 valence electrons. The summed E-state index contributed by atoms with van der Waals surface area (Å²) >= 11 is 4.80. The Morgan fingerprint density at radius 3 is 1.92 bits per heavy atom. The van der Waals surface area contributed by atoms with E-state index in [1.54, 1.807) is 66.2 Å². The van der Waals surface area contributed by atoms with Crippen molar-refractivity contribution in [2.24, 2.45) is 0 Å². The van der Waals surface area contributed by atoms with Crippen molar-refractivity contribution >= 4 is 40.8 Å². The number of rotatable bonds is 8. The van der Waals surface area contributed by atoms with E-state index in [-0.39, 0.29) is 5.56 Å². The summed E-state index contributed by atoms with van der Waals surface area (Å²) in [6, 6.07) is 14.7. The van der Waals surface area contributed by atoms with Gasteiger partial charge in [0.05, 0.1) is 13.1 Å². The molecule has 0 saturated heterocycles. The highest BCUT2D eigenvalue weighted by Gasteiger charge is 2.07. The maximum Gasteiger partial charge on any atom is 0.175 e. The number of aromatic nitrogens is 2. The molecule has 8 heteroatoms. The summed E-state index contributed by atoms with van der Waals surface area (Å²) in [5, 5.41) is 19.2. The van der Waals surface area contributed by atoms with E-state index in [4.69, 9.17) is 4.74 Å². The van der Waals surface area contributed by atoms with Crippen molar-refractivity contribution in [2.45, 2.75) is 20.2 Å². The van der Waals surface area contributed by atoms with Crippen LogP contribution in [-0.2, 0) is 11.5 Å². The number of hydrogen-bond acceptors (Lipinski definition) is 8. The van der Waals surface area contributed by atoms with E-state index in [2.05, 4.69) is 10.2 Å². The molecular weight excluding hydrogens is 388 g/mol. The predicted molar refractivity (Wildman–Crippen MR) is 103 cm³/mol. The van der Waals surface area contributed by atoms with Gasteiger partial charge in [0.15, 0.2) is 8.68 Å². The maximum absolute atomic E-state index is 10.7. The molecule has 0 atom stereocenters. The summed E-state index contributed by atoms with van der Waals surface area (Å²) in [5.41, 5.74) is 2.42. The summed E-state index contributed by atoms with van der Waals surface area (Å²) in [7, 11) is 1.65. The highest BCUT2D eigenvalue weighted by molar-refractivity contribution is 8.02. The zero-order chi connectivity index (χ0) is 18.4. The minimum absolute atomic E-state index is 0.187. The van der Waals surface area contributed by atoms with Gasteiger partial charge in [-0.15, -0.1) is 10.2 Å². The van der Waals surface area contributed by atoms with E-state index in [1.807, 2.05) is 24.3 Å². The second-order valence-electron chi connectivity index (χ2n) is 5.24. The van der Waals surface area contributed by atoms with Crippen LogP contribution in [-0.4, -0.2) is 23.3 Å². The monoisotopic (exact) mass is 403 g/mol. The fraction of sp³-hybridized carbons (Fsp3) is 0.167. The molecule has 0 radical (unpaired) electrons. The van der Waals surface area contributed by atoms with Crippen LogP contribution < -0.4 is 9.84 Å². The second kappa shape index (κ2) is 9.07. The third-order valence-electron chi connectivity index (χ3n) is 3.46. The van der Waals surface area contributed by atoms with Gasteiger partial charge in [0.2, 0.25) is 0 Å². The zero-order valence-electron chi connectivity index (χ0n) is 13.9. The highest BCUT2D eigenvalue weighted by Crippen LogP contribution is 2.32. The molecule has 3 aromatic rings. The number of carbonyl (C=O) groups excluding carboxylic acids is 1. The molecule has 3 rings (SSSR count). The molecule has 0 aliphatic carbocycles. The molecule has 1 heterocycles. The van der Waals surface area contributed by atoms with Crippen LogP contribution in [0.15, 0.2) is 57.2 Å². The van der Waals surface area contributed by atoms with Gasteiger partial charge in [-0.1, -0.05) is 71.3 Å². The maximum atomic E-state index is 10.7. The van der Waals surface area contributed by atoms with Gasteiger partial charge >= 0.3 is 0 Å². The van der Waals surface area contributed by atoms with Crippen molar-refractivity contribution in [1.29, 1.82) is 0 Å². The van der Waals surface area contributed by atoms with Gasteiger partial charge < -0.3 is 14.6 Å². The number of ether oxygens (including phenoxy) is 1. The van der Waals surface area contributed by atoms with Crippen LogP contribution >= 0.6 is 34.9 Å². The molecule has 0 spiro atoms. The minimum atomic E-state index is -1.16. The molecule has 2 aromatic carbocycles. The Labute approximate surface area is 163 Å². The summed E-state index contributed by atoms with van der Waals surface area (Å²) < 4.78 is 6.98. The summed E-state index contributed by atoms with van der Waals surface area (Å²) in [4.78, 5) is 10.7. The summed E-state index contributed by atoms with van der Waals surface area (Å²) in [6.45, 7) is 0. The van der Waals surface area contributed by atoms with E-state index in [9.17, 15) is 9.90 Å². The van der Waals surface area contributed by atoms with Crippen molar-refractivity contribution < 1.29 is 14.6 Å². The van der Waals surface area contributed by atoms with Gasteiger partial charge in [-0.3, -0.25) is 0 Å². The van der Waals surface area contributed by atoms with Crippen LogP contribution in [0.2, 0.25) is 0 Å². The number of carboxylic acids is 1. The van der Waals surface area contributed by atoms with Crippen molar-refractivity contribution in [1.82, 2.24) is 10.2 Å². The van der Waals surface area contributed by atoms with Crippen LogP contribution in [0.5, 0.6) is 5.75 Å². The summed E-state index contributed by atoms with van der Waals surface area (Å²) in [6.07, 6.45) is 0. The molecule has 0 unspecified atom stereocenters. The molecule has 0 aliphatic heterocycles. The molecular formula is C18H15N2O3S3-. The average molecular weight is 404 g/mol. The Bertz CT molecular complexity index is 864. The molecule has 0 saturated carbocycles. The molecule has 5 nitrogen and oxygen atoms in total. The standard InChI is InChI=1S/C18H16N2O3S3/c1-23-15-8-4-13(5-9-15)11-25-18-20-19-17(26-18)24-10-12-2-6-14(7-3-12)16(21)22/h2-9H,10-11H2,1H3,(H,21,22)/p-1. The van der Waals surface area contributed by atoms with Crippen LogP contribution in [0.4, 0.5) is 0 Å². The number of hydrogen-bond donors (Lipinski definition) is 0. The third kappa shape index (κ3) is 5.23. The van der Waals surface area contributed by atoms with Crippen LogP contribution in [0.25, 0.3) is 0 Å². The zero-order valence-corrected chi connectivity index (χ0v) is 16.3. The molecule has 0 amide bonds. The first-order valence-corrected chi connectivity index (χ1v) is 10.4. The van der Waals surface area contributed by atoms with E-state index in [0.29, 0.717) is 5.75 Å². The summed E-state index contributed by atoms with van der Waals surface area (Å²) in [5.74, 6) is 1.23. The lowest BCUT2D eigenvalue weighted by Gasteiger charge is -2.03. The molecule has 0 fully saturated rings. The smallest absolute Gasteiger partial charge is 0.175 e. The highest BCUT2D eigenvalue weighted by atomic mass is 32.2. The van der Waals surface area contributed by atoms with Gasteiger partial charge in [0.25, 0.3) is 0 Å². The Balaban J connectivity index is 1.50. The number of benzene rings is 2. The van der Waals surface area contributed by atoms with Crippen LogP contribution in [0, 0.1) is 0 Å².